The number of ether oxygens (including phenoxy) is 1. The van der Waals surface area contributed by atoms with Gasteiger partial charge in [0.25, 0.3) is 0 Å². The summed E-state index contributed by atoms with van der Waals surface area (Å²) in [6.45, 7) is 2.21. The quantitative estimate of drug-likeness (QED) is 0.423. The Bertz CT molecular complexity index is 1350. The van der Waals surface area contributed by atoms with Crippen molar-refractivity contribution >= 4 is 17.1 Å². The molecular formula is C31H24O2. The highest BCUT2D eigenvalue weighted by Gasteiger charge is 2.40. The molecule has 0 saturated heterocycles. The van der Waals surface area contributed by atoms with Crippen molar-refractivity contribution in [3.05, 3.63) is 142 Å². The van der Waals surface area contributed by atoms with E-state index in [0.717, 1.165) is 12.0 Å². The van der Waals surface area contributed by atoms with Crippen LogP contribution in [-0.2, 0) is 10.2 Å². The van der Waals surface area contributed by atoms with E-state index in [2.05, 4.69) is 91.0 Å². The Hall–Kier alpha value is -3.91. The molecule has 3 aliphatic carbocycles. The van der Waals surface area contributed by atoms with Gasteiger partial charge in [0.1, 0.15) is 0 Å². The zero-order valence-electron chi connectivity index (χ0n) is 18.5. The second-order valence-electron chi connectivity index (χ2n) is 8.70. The SMILES string of the molecule is CCOC(=O)c1ccc2c(c1)C1=CC(c3ccccc3)(c3ccccc3)C=C3C=CCC2=C31. The summed E-state index contributed by atoms with van der Waals surface area (Å²) >= 11 is 0. The molecule has 0 N–H and O–H groups in total. The first-order valence-corrected chi connectivity index (χ1v) is 11.5. The molecule has 0 unspecified atom stereocenters. The number of esters is 1. The fourth-order valence-corrected chi connectivity index (χ4v) is 5.45. The fourth-order valence-electron chi connectivity index (χ4n) is 5.45. The molecule has 0 bridgehead atoms. The first kappa shape index (κ1) is 19.8. The number of fused-ring (bicyclic) bond motifs is 3. The molecular weight excluding hydrogens is 404 g/mol. The van der Waals surface area contributed by atoms with E-state index in [1.54, 1.807) is 0 Å². The van der Waals surface area contributed by atoms with Gasteiger partial charge in [-0.2, -0.15) is 0 Å². The van der Waals surface area contributed by atoms with Gasteiger partial charge in [0.15, 0.2) is 0 Å². The third-order valence-corrected chi connectivity index (χ3v) is 6.88. The summed E-state index contributed by atoms with van der Waals surface area (Å²) in [6.07, 6.45) is 10.2. The van der Waals surface area contributed by atoms with Crippen LogP contribution in [0.3, 0.4) is 0 Å². The number of carbonyl (C=O) groups is 1. The minimum Gasteiger partial charge on any atom is -0.462 e. The van der Waals surface area contributed by atoms with Gasteiger partial charge in [-0.3, -0.25) is 0 Å². The first-order chi connectivity index (χ1) is 16.2. The normalized spacial score (nSPS) is 17.1. The van der Waals surface area contributed by atoms with Gasteiger partial charge < -0.3 is 4.74 Å². The average molecular weight is 429 g/mol. The summed E-state index contributed by atoms with van der Waals surface area (Å²) in [5.41, 5.74) is 10.1. The molecule has 0 radical (unpaired) electrons. The molecule has 0 saturated carbocycles. The Morgan fingerprint density at radius 2 is 1.58 bits per heavy atom. The molecule has 160 valence electrons. The lowest BCUT2D eigenvalue weighted by atomic mass is 9.67. The second-order valence-corrected chi connectivity index (χ2v) is 8.70. The molecule has 0 fully saturated rings. The molecule has 0 spiro atoms. The molecule has 0 aromatic heterocycles. The van der Waals surface area contributed by atoms with Crippen LogP contribution in [0.1, 0.15) is 46.0 Å². The summed E-state index contributed by atoms with van der Waals surface area (Å²) in [5, 5.41) is 0. The number of carbonyl (C=O) groups excluding carboxylic acids is 1. The summed E-state index contributed by atoms with van der Waals surface area (Å²) in [6, 6.07) is 27.3. The van der Waals surface area contributed by atoms with Crippen LogP contribution >= 0.6 is 0 Å². The Morgan fingerprint density at radius 1 is 0.879 bits per heavy atom. The van der Waals surface area contributed by atoms with Crippen molar-refractivity contribution in [3.8, 4) is 0 Å². The van der Waals surface area contributed by atoms with Gasteiger partial charge in [-0.15, -0.1) is 0 Å². The average Bonchev–Trinajstić information content (AvgIpc) is 3.19. The molecule has 3 aromatic carbocycles. The van der Waals surface area contributed by atoms with Gasteiger partial charge in [0.2, 0.25) is 0 Å². The van der Waals surface area contributed by atoms with E-state index in [9.17, 15) is 4.79 Å². The molecule has 0 aliphatic heterocycles. The number of benzene rings is 3. The number of allylic oxidation sites excluding steroid dienone is 8. The maximum Gasteiger partial charge on any atom is 0.338 e. The Labute approximate surface area is 194 Å². The van der Waals surface area contributed by atoms with Crippen LogP contribution in [0.2, 0.25) is 0 Å². The molecule has 0 amide bonds. The van der Waals surface area contributed by atoms with E-state index in [1.807, 2.05) is 19.1 Å². The largest absolute Gasteiger partial charge is 0.462 e. The van der Waals surface area contributed by atoms with E-state index >= 15 is 0 Å². The summed E-state index contributed by atoms with van der Waals surface area (Å²) < 4.78 is 5.29. The van der Waals surface area contributed by atoms with Crippen molar-refractivity contribution in [2.45, 2.75) is 18.8 Å². The fraction of sp³-hybridized carbons (Fsp3) is 0.129. The van der Waals surface area contributed by atoms with Crippen LogP contribution in [0, 0.1) is 0 Å². The van der Waals surface area contributed by atoms with E-state index in [1.165, 1.54) is 39.0 Å². The number of hydrogen-bond acceptors (Lipinski definition) is 2. The van der Waals surface area contributed by atoms with Crippen LogP contribution in [0.25, 0.3) is 11.1 Å². The topological polar surface area (TPSA) is 26.3 Å². The van der Waals surface area contributed by atoms with Gasteiger partial charge >= 0.3 is 5.97 Å². The monoisotopic (exact) mass is 428 g/mol. The van der Waals surface area contributed by atoms with Crippen molar-refractivity contribution in [3.63, 3.8) is 0 Å². The predicted molar refractivity (Wildman–Crippen MR) is 133 cm³/mol. The van der Waals surface area contributed by atoms with Crippen molar-refractivity contribution in [2.75, 3.05) is 6.61 Å². The number of hydrogen-bond donors (Lipinski definition) is 0. The van der Waals surface area contributed by atoms with Crippen molar-refractivity contribution in [1.82, 2.24) is 0 Å². The van der Waals surface area contributed by atoms with Crippen molar-refractivity contribution in [1.29, 1.82) is 0 Å². The molecule has 33 heavy (non-hydrogen) atoms. The third kappa shape index (κ3) is 2.98. The summed E-state index contributed by atoms with van der Waals surface area (Å²) in [4.78, 5) is 12.5. The molecule has 2 heteroatoms. The van der Waals surface area contributed by atoms with Gasteiger partial charge in [-0.1, -0.05) is 91.0 Å². The zero-order chi connectivity index (χ0) is 22.4. The molecule has 0 heterocycles. The summed E-state index contributed by atoms with van der Waals surface area (Å²) in [5.74, 6) is -0.271. The third-order valence-electron chi connectivity index (χ3n) is 6.88. The molecule has 3 aliphatic rings. The molecule has 0 atom stereocenters. The standard InChI is InChI=1S/C31H24O2/c1-2-33-30(32)21-16-17-25-26-15-9-10-22-19-31(23-11-5-3-6-12-23,24-13-7-4-8-14-24)20-28(29(22)26)27(25)18-21/h3-14,16-20H,2,15H2,1H3. The van der Waals surface area contributed by atoms with E-state index < -0.39 is 5.41 Å². The highest BCUT2D eigenvalue weighted by atomic mass is 16.5. The smallest absolute Gasteiger partial charge is 0.338 e. The van der Waals surface area contributed by atoms with Crippen molar-refractivity contribution in [2.24, 2.45) is 0 Å². The predicted octanol–water partition coefficient (Wildman–Crippen LogP) is 6.90. The lowest BCUT2D eigenvalue weighted by Gasteiger charge is -2.35. The van der Waals surface area contributed by atoms with Crippen LogP contribution in [0.4, 0.5) is 0 Å². The highest BCUT2D eigenvalue weighted by Crippen LogP contribution is 2.54. The van der Waals surface area contributed by atoms with Gasteiger partial charge in [-0.25, -0.2) is 4.79 Å². The Kier molecular flexibility index (Phi) is 4.55. The molecule has 3 aromatic rings. The first-order valence-electron chi connectivity index (χ1n) is 11.5. The zero-order valence-corrected chi connectivity index (χ0v) is 18.5. The molecule has 2 nitrogen and oxygen atoms in total. The van der Waals surface area contributed by atoms with Gasteiger partial charge in [-0.05, 0) is 70.0 Å². The second kappa shape index (κ2) is 7.60. The van der Waals surface area contributed by atoms with Crippen LogP contribution in [-0.4, -0.2) is 12.6 Å². The minimum absolute atomic E-state index is 0.271. The Balaban J connectivity index is 1.63. The lowest BCUT2D eigenvalue weighted by Crippen LogP contribution is -2.26. The maximum absolute atomic E-state index is 12.5. The van der Waals surface area contributed by atoms with Crippen LogP contribution in [0.15, 0.2) is 114 Å². The van der Waals surface area contributed by atoms with Crippen LogP contribution in [0.5, 0.6) is 0 Å². The summed E-state index contributed by atoms with van der Waals surface area (Å²) in [7, 11) is 0. The van der Waals surface area contributed by atoms with E-state index in [4.69, 9.17) is 4.74 Å². The van der Waals surface area contributed by atoms with E-state index in [-0.39, 0.29) is 5.97 Å². The van der Waals surface area contributed by atoms with E-state index in [0.29, 0.717) is 12.2 Å². The maximum atomic E-state index is 12.5. The Morgan fingerprint density at radius 3 is 2.24 bits per heavy atom. The van der Waals surface area contributed by atoms with Crippen LogP contribution < -0.4 is 0 Å². The highest BCUT2D eigenvalue weighted by molar-refractivity contribution is 6.08. The van der Waals surface area contributed by atoms with Gasteiger partial charge in [0.05, 0.1) is 17.6 Å². The van der Waals surface area contributed by atoms with Gasteiger partial charge in [0, 0.05) is 0 Å². The lowest BCUT2D eigenvalue weighted by molar-refractivity contribution is 0.0526. The molecule has 6 rings (SSSR count). The van der Waals surface area contributed by atoms with Crippen molar-refractivity contribution < 1.29 is 9.53 Å². The minimum atomic E-state index is -0.398. The number of rotatable bonds is 4.